The number of benzene rings is 2. The van der Waals surface area contributed by atoms with E-state index in [1.165, 1.54) is 12.1 Å². The second-order valence-corrected chi connectivity index (χ2v) is 4.37. The van der Waals surface area contributed by atoms with Gasteiger partial charge in [0.25, 0.3) is 0 Å². The number of hydrogen-bond donors (Lipinski definition) is 0. The van der Waals surface area contributed by atoms with Crippen LogP contribution in [-0.2, 0) is 0 Å². The SMILES string of the molecule is Cc1cc(-c2cccc(C=C(C#N)C#N)c2)ccc1F. The lowest BCUT2D eigenvalue weighted by atomic mass is 10.0. The lowest BCUT2D eigenvalue weighted by molar-refractivity contribution is 0.619. The summed E-state index contributed by atoms with van der Waals surface area (Å²) in [6.07, 6.45) is 1.53. The van der Waals surface area contributed by atoms with Crippen LogP contribution in [0.4, 0.5) is 4.39 Å². The van der Waals surface area contributed by atoms with Gasteiger partial charge in [0.05, 0.1) is 0 Å². The molecule has 0 N–H and O–H groups in total. The molecule has 0 aliphatic rings. The van der Waals surface area contributed by atoms with Gasteiger partial charge in [-0.05, 0) is 53.5 Å². The highest BCUT2D eigenvalue weighted by molar-refractivity contribution is 5.70. The number of allylic oxidation sites excluding steroid dienone is 1. The summed E-state index contributed by atoms with van der Waals surface area (Å²) >= 11 is 0. The van der Waals surface area contributed by atoms with E-state index in [9.17, 15) is 4.39 Å². The number of rotatable bonds is 2. The van der Waals surface area contributed by atoms with Crippen LogP contribution in [0, 0.1) is 35.4 Å². The van der Waals surface area contributed by atoms with Crippen molar-refractivity contribution in [2.45, 2.75) is 6.92 Å². The third kappa shape index (κ3) is 2.91. The van der Waals surface area contributed by atoms with Crippen molar-refractivity contribution in [1.82, 2.24) is 0 Å². The summed E-state index contributed by atoms with van der Waals surface area (Å²) in [6, 6.07) is 16.0. The van der Waals surface area contributed by atoms with Crippen molar-refractivity contribution in [3.63, 3.8) is 0 Å². The van der Waals surface area contributed by atoms with Gasteiger partial charge in [-0.15, -0.1) is 0 Å². The van der Waals surface area contributed by atoms with Crippen LogP contribution in [0.15, 0.2) is 48.0 Å². The maximum atomic E-state index is 13.3. The van der Waals surface area contributed by atoms with Crippen molar-refractivity contribution < 1.29 is 4.39 Å². The zero-order chi connectivity index (χ0) is 14.5. The number of aryl methyl sites for hydroxylation is 1. The predicted octanol–water partition coefficient (Wildman–Crippen LogP) is 4.23. The zero-order valence-corrected chi connectivity index (χ0v) is 10.9. The van der Waals surface area contributed by atoms with Crippen molar-refractivity contribution in [2.24, 2.45) is 0 Å². The molecular weight excluding hydrogens is 251 g/mol. The van der Waals surface area contributed by atoms with Crippen LogP contribution in [0.3, 0.4) is 0 Å². The summed E-state index contributed by atoms with van der Waals surface area (Å²) < 4.78 is 13.3. The summed E-state index contributed by atoms with van der Waals surface area (Å²) in [7, 11) is 0. The first kappa shape index (κ1) is 13.5. The molecule has 2 nitrogen and oxygen atoms in total. The molecule has 0 aliphatic carbocycles. The highest BCUT2D eigenvalue weighted by Crippen LogP contribution is 2.23. The van der Waals surface area contributed by atoms with E-state index in [0.29, 0.717) is 5.56 Å². The van der Waals surface area contributed by atoms with Gasteiger partial charge in [0.15, 0.2) is 0 Å². The Morgan fingerprint density at radius 1 is 1.05 bits per heavy atom. The van der Waals surface area contributed by atoms with E-state index in [1.807, 2.05) is 36.4 Å². The van der Waals surface area contributed by atoms with Crippen molar-refractivity contribution >= 4 is 6.08 Å². The molecule has 0 saturated carbocycles. The fraction of sp³-hybridized carbons (Fsp3) is 0.0588. The van der Waals surface area contributed by atoms with Crippen LogP contribution in [0.25, 0.3) is 17.2 Å². The molecule has 0 atom stereocenters. The Morgan fingerprint density at radius 3 is 2.40 bits per heavy atom. The van der Waals surface area contributed by atoms with Gasteiger partial charge in [0, 0.05) is 0 Å². The summed E-state index contributed by atoms with van der Waals surface area (Å²) in [5, 5.41) is 17.5. The number of nitriles is 2. The van der Waals surface area contributed by atoms with E-state index in [2.05, 4.69) is 0 Å². The van der Waals surface area contributed by atoms with E-state index in [1.54, 1.807) is 19.1 Å². The number of halogens is 1. The van der Waals surface area contributed by atoms with Gasteiger partial charge >= 0.3 is 0 Å². The minimum absolute atomic E-state index is 0.0532. The topological polar surface area (TPSA) is 47.6 Å². The fourth-order valence-corrected chi connectivity index (χ4v) is 1.89. The molecule has 0 fully saturated rings. The van der Waals surface area contributed by atoms with Crippen LogP contribution in [0.2, 0.25) is 0 Å². The second kappa shape index (κ2) is 5.82. The highest BCUT2D eigenvalue weighted by atomic mass is 19.1. The van der Waals surface area contributed by atoms with Gasteiger partial charge in [-0.25, -0.2) is 4.39 Å². The Morgan fingerprint density at radius 2 is 1.75 bits per heavy atom. The molecule has 0 heterocycles. The average Bonchev–Trinajstić information content (AvgIpc) is 2.48. The fourth-order valence-electron chi connectivity index (χ4n) is 1.89. The molecule has 3 heteroatoms. The standard InChI is InChI=1S/C17H11FN2/c1-12-7-16(5-6-17(12)18)15-4-2-3-13(9-15)8-14(10-19)11-20/h2-9H,1H3. The molecule has 0 aromatic heterocycles. The third-order valence-electron chi connectivity index (χ3n) is 2.93. The minimum atomic E-state index is -0.235. The smallest absolute Gasteiger partial charge is 0.130 e. The molecular formula is C17H11FN2. The molecule has 0 radical (unpaired) electrons. The van der Waals surface area contributed by atoms with Crippen molar-refractivity contribution in [3.05, 3.63) is 65.0 Å². The second-order valence-electron chi connectivity index (χ2n) is 4.37. The van der Waals surface area contributed by atoms with Crippen molar-refractivity contribution in [1.29, 1.82) is 10.5 Å². The molecule has 0 aliphatic heterocycles. The Hall–Kier alpha value is -2.91. The molecule has 2 rings (SSSR count). The molecule has 0 saturated heterocycles. The maximum absolute atomic E-state index is 13.3. The Balaban J connectivity index is 2.45. The molecule has 0 amide bonds. The van der Waals surface area contributed by atoms with E-state index in [4.69, 9.17) is 10.5 Å². The lowest BCUT2D eigenvalue weighted by Gasteiger charge is -2.05. The van der Waals surface area contributed by atoms with E-state index in [-0.39, 0.29) is 11.4 Å². The van der Waals surface area contributed by atoms with E-state index >= 15 is 0 Å². The van der Waals surface area contributed by atoms with Crippen LogP contribution in [0.5, 0.6) is 0 Å². The van der Waals surface area contributed by atoms with Crippen molar-refractivity contribution in [3.8, 4) is 23.3 Å². The molecule has 20 heavy (non-hydrogen) atoms. The summed E-state index contributed by atoms with van der Waals surface area (Å²) in [5.74, 6) is -0.235. The predicted molar refractivity (Wildman–Crippen MR) is 75.8 cm³/mol. The highest BCUT2D eigenvalue weighted by Gasteiger charge is 2.03. The average molecular weight is 262 g/mol. The van der Waals surface area contributed by atoms with Gasteiger partial charge < -0.3 is 0 Å². The van der Waals surface area contributed by atoms with Gasteiger partial charge in [0.1, 0.15) is 23.5 Å². The quantitative estimate of drug-likeness (QED) is 0.760. The Kier molecular flexibility index (Phi) is 3.93. The molecule has 2 aromatic rings. The van der Waals surface area contributed by atoms with Crippen LogP contribution < -0.4 is 0 Å². The summed E-state index contributed by atoms with van der Waals surface area (Å²) in [4.78, 5) is 0. The normalized spacial score (nSPS) is 9.40. The first-order valence-electron chi connectivity index (χ1n) is 6.02. The van der Waals surface area contributed by atoms with Crippen molar-refractivity contribution in [2.75, 3.05) is 0 Å². The Labute approximate surface area is 117 Å². The van der Waals surface area contributed by atoms with E-state index < -0.39 is 0 Å². The lowest BCUT2D eigenvalue weighted by Crippen LogP contribution is -1.85. The molecule has 96 valence electrons. The van der Waals surface area contributed by atoms with Crippen LogP contribution in [0.1, 0.15) is 11.1 Å². The van der Waals surface area contributed by atoms with Gasteiger partial charge in [-0.1, -0.05) is 24.3 Å². The summed E-state index contributed by atoms with van der Waals surface area (Å²) in [5.41, 5.74) is 3.21. The van der Waals surface area contributed by atoms with Crippen LogP contribution in [-0.4, -0.2) is 0 Å². The largest absolute Gasteiger partial charge is 0.207 e. The number of hydrogen-bond acceptors (Lipinski definition) is 2. The zero-order valence-electron chi connectivity index (χ0n) is 10.9. The monoisotopic (exact) mass is 262 g/mol. The molecule has 0 unspecified atom stereocenters. The molecule has 2 aromatic carbocycles. The molecule has 0 bridgehead atoms. The number of nitrogens with zero attached hydrogens (tertiary/aromatic N) is 2. The maximum Gasteiger partial charge on any atom is 0.130 e. The van der Waals surface area contributed by atoms with E-state index in [0.717, 1.165) is 16.7 Å². The minimum Gasteiger partial charge on any atom is -0.207 e. The van der Waals surface area contributed by atoms with Gasteiger partial charge in [-0.3, -0.25) is 0 Å². The van der Waals surface area contributed by atoms with Gasteiger partial charge in [0.2, 0.25) is 0 Å². The first-order valence-corrected chi connectivity index (χ1v) is 6.02. The Bertz CT molecular complexity index is 745. The first-order chi connectivity index (χ1) is 9.63. The third-order valence-corrected chi connectivity index (χ3v) is 2.93. The van der Waals surface area contributed by atoms with Crippen LogP contribution >= 0.6 is 0 Å². The van der Waals surface area contributed by atoms with Gasteiger partial charge in [-0.2, -0.15) is 10.5 Å². The molecule has 0 spiro atoms. The summed E-state index contributed by atoms with van der Waals surface area (Å²) in [6.45, 7) is 1.71.